The Bertz CT molecular complexity index is 67.4. The molecule has 1 fully saturated rings. The van der Waals surface area contributed by atoms with Crippen LogP contribution in [0.15, 0.2) is 0 Å². The van der Waals surface area contributed by atoms with Gasteiger partial charge in [0.05, 0.1) is 6.10 Å². The number of rotatable bonds is 1. The van der Waals surface area contributed by atoms with Gasteiger partial charge < -0.3 is 10.5 Å². The lowest BCUT2D eigenvalue weighted by Gasteiger charge is -2.31. The summed E-state index contributed by atoms with van der Waals surface area (Å²) >= 11 is 0. The quantitative estimate of drug-likeness (QED) is 0.573. The molecule has 2 nitrogen and oxygen atoms in total. The molecule has 2 atom stereocenters. The zero-order valence-corrected chi connectivity index (χ0v) is 5.78. The van der Waals surface area contributed by atoms with Crippen molar-refractivity contribution in [2.75, 3.05) is 7.11 Å². The van der Waals surface area contributed by atoms with Crippen molar-refractivity contribution in [1.29, 1.82) is 0 Å². The van der Waals surface area contributed by atoms with Gasteiger partial charge in [0.2, 0.25) is 0 Å². The number of halogens is 1. The molecule has 3 heteroatoms. The van der Waals surface area contributed by atoms with Gasteiger partial charge in [0.15, 0.2) is 0 Å². The summed E-state index contributed by atoms with van der Waals surface area (Å²) in [4.78, 5) is 0. The first kappa shape index (κ1) is 8.21. The Hall–Kier alpha value is 0.210. The zero-order valence-electron chi connectivity index (χ0n) is 4.96. The molecule has 1 rings (SSSR count). The predicted molar refractivity (Wildman–Crippen MR) is 35.3 cm³/mol. The number of hydrogen-bond acceptors (Lipinski definition) is 2. The van der Waals surface area contributed by atoms with Crippen LogP contribution in [-0.4, -0.2) is 19.3 Å². The fourth-order valence-corrected chi connectivity index (χ4v) is 0.788. The zero-order chi connectivity index (χ0) is 5.28. The topological polar surface area (TPSA) is 35.2 Å². The van der Waals surface area contributed by atoms with E-state index in [0.29, 0.717) is 12.1 Å². The van der Waals surface area contributed by atoms with E-state index in [1.54, 1.807) is 7.11 Å². The molecule has 50 valence electrons. The summed E-state index contributed by atoms with van der Waals surface area (Å²) in [5, 5.41) is 0. The van der Waals surface area contributed by atoms with Crippen LogP contribution >= 0.6 is 12.4 Å². The molecule has 0 amide bonds. The van der Waals surface area contributed by atoms with Crippen molar-refractivity contribution in [3.8, 4) is 0 Å². The van der Waals surface area contributed by atoms with E-state index in [0.717, 1.165) is 12.8 Å². The lowest BCUT2D eigenvalue weighted by molar-refractivity contribution is 0.0213. The molecule has 0 aromatic carbocycles. The Morgan fingerprint density at radius 2 is 2.12 bits per heavy atom. The molecule has 2 N–H and O–H groups in total. The molecule has 1 aliphatic carbocycles. The molecule has 0 aromatic heterocycles. The maximum Gasteiger partial charge on any atom is 0.0722 e. The Labute approximate surface area is 55.8 Å². The normalized spacial score (nSPS) is 35.2. The van der Waals surface area contributed by atoms with E-state index < -0.39 is 0 Å². The standard InChI is InChI=1S/C5H11NO.ClH/c1-7-5-3-2-4(5)6;/h4-5H,2-3,6H2,1H3;1H/t4-,5?;/m0./s1. The van der Waals surface area contributed by atoms with Gasteiger partial charge in [-0.3, -0.25) is 0 Å². The molecule has 0 radical (unpaired) electrons. The number of methoxy groups -OCH3 is 1. The molecule has 0 saturated heterocycles. The van der Waals surface area contributed by atoms with Crippen LogP contribution in [0, 0.1) is 0 Å². The van der Waals surface area contributed by atoms with E-state index in [2.05, 4.69) is 0 Å². The van der Waals surface area contributed by atoms with Gasteiger partial charge >= 0.3 is 0 Å². The third-order valence-corrected chi connectivity index (χ3v) is 1.56. The minimum Gasteiger partial charge on any atom is -0.380 e. The van der Waals surface area contributed by atoms with Crippen molar-refractivity contribution in [1.82, 2.24) is 0 Å². The minimum atomic E-state index is 0. The van der Waals surface area contributed by atoms with Gasteiger partial charge in [-0.05, 0) is 12.8 Å². The molecule has 0 spiro atoms. The van der Waals surface area contributed by atoms with Crippen molar-refractivity contribution in [2.24, 2.45) is 5.73 Å². The van der Waals surface area contributed by atoms with Gasteiger partial charge in [0, 0.05) is 13.2 Å². The smallest absolute Gasteiger partial charge is 0.0722 e. The van der Waals surface area contributed by atoms with E-state index in [1.807, 2.05) is 0 Å². The van der Waals surface area contributed by atoms with E-state index in [1.165, 1.54) is 0 Å². The molecule has 0 bridgehead atoms. The van der Waals surface area contributed by atoms with Crippen LogP contribution in [0.5, 0.6) is 0 Å². The first-order chi connectivity index (χ1) is 3.34. The SMILES string of the molecule is COC1CC[C@@H]1N.Cl. The Kier molecular flexibility index (Phi) is 3.36. The fraction of sp³-hybridized carbons (Fsp3) is 1.00. The highest BCUT2D eigenvalue weighted by Crippen LogP contribution is 2.19. The van der Waals surface area contributed by atoms with Crippen LogP contribution in [-0.2, 0) is 4.74 Å². The maximum absolute atomic E-state index is 5.51. The van der Waals surface area contributed by atoms with Crippen molar-refractivity contribution < 1.29 is 4.74 Å². The summed E-state index contributed by atoms with van der Waals surface area (Å²) in [5.41, 5.74) is 5.51. The van der Waals surface area contributed by atoms with Gasteiger partial charge in [-0.1, -0.05) is 0 Å². The third-order valence-electron chi connectivity index (χ3n) is 1.56. The van der Waals surface area contributed by atoms with E-state index in [-0.39, 0.29) is 12.4 Å². The summed E-state index contributed by atoms with van der Waals surface area (Å²) in [6.07, 6.45) is 2.65. The molecule has 8 heavy (non-hydrogen) atoms. The Morgan fingerprint density at radius 3 is 2.12 bits per heavy atom. The lowest BCUT2D eigenvalue weighted by Crippen LogP contribution is -2.45. The molecular weight excluding hydrogens is 126 g/mol. The van der Waals surface area contributed by atoms with Gasteiger partial charge in [-0.2, -0.15) is 0 Å². The van der Waals surface area contributed by atoms with Crippen LogP contribution < -0.4 is 5.73 Å². The fourth-order valence-electron chi connectivity index (χ4n) is 0.788. The summed E-state index contributed by atoms with van der Waals surface area (Å²) in [6, 6.07) is 0.324. The van der Waals surface area contributed by atoms with Crippen LogP contribution in [0.3, 0.4) is 0 Å². The molecular formula is C5H12ClNO. The summed E-state index contributed by atoms with van der Waals surface area (Å²) < 4.78 is 4.97. The van der Waals surface area contributed by atoms with Gasteiger partial charge in [-0.15, -0.1) is 12.4 Å². The largest absolute Gasteiger partial charge is 0.380 e. The number of nitrogens with two attached hydrogens (primary N) is 1. The maximum atomic E-state index is 5.51. The van der Waals surface area contributed by atoms with Gasteiger partial charge in [0.25, 0.3) is 0 Å². The summed E-state index contributed by atoms with van der Waals surface area (Å²) in [5.74, 6) is 0. The number of hydrogen-bond donors (Lipinski definition) is 1. The van der Waals surface area contributed by atoms with Crippen LogP contribution in [0.25, 0.3) is 0 Å². The molecule has 0 heterocycles. The average Bonchev–Trinajstić information content (AvgIpc) is 1.65. The molecule has 0 aliphatic heterocycles. The second kappa shape index (κ2) is 3.28. The highest BCUT2D eigenvalue weighted by molar-refractivity contribution is 5.85. The van der Waals surface area contributed by atoms with E-state index in [4.69, 9.17) is 10.5 Å². The molecule has 1 unspecified atom stereocenters. The van der Waals surface area contributed by atoms with Crippen LogP contribution in [0.2, 0.25) is 0 Å². The number of ether oxygens (including phenoxy) is 1. The first-order valence-corrected chi connectivity index (χ1v) is 2.63. The molecule has 1 aliphatic rings. The monoisotopic (exact) mass is 137 g/mol. The highest BCUT2D eigenvalue weighted by atomic mass is 35.5. The second-order valence-corrected chi connectivity index (χ2v) is 2.02. The van der Waals surface area contributed by atoms with Crippen molar-refractivity contribution in [3.63, 3.8) is 0 Å². The second-order valence-electron chi connectivity index (χ2n) is 2.02. The molecule has 0 aromatic rings. The summed E-state index contributed by atoms with van der Waals surface area (Å²) in [6.45, 7) is 0. The van der Waals surface area contributed by atoms with Crippen molar-refractivity contribution >= 4 is 12.4 Å². The Morgan fingerprint density at radius 1 is 1.50 bits per heavy atom. The van der Waals surface area contributed by atoms with Gasteiger partial charge in [-0.25, -0.2) is 0 Å². The molecule has 1 saturated carbocycles. The van der Waals surface area contributed by atoms with Crippen molar-refractivity contribution in [2.45, 2.75) is 25.0 Å². The van der Waals surface area contributed by atoms with Crippen LogP contribution in [0.1, 0.15) is 12.8 Å². The van der Waals surface area contributed by atoms with Crippen LogP contribution in [0.4, 0.5) is 0 Å². The van der Waals surface area contributed by atoms with Crippen molar-refractivity contribution in [3.05, 3.63) is 0 Å². The highest BCUT2D eigenvalue weighted by Gasteiger charge is 2.26. The predicted octanol–water partition coefficient (Wildman–Crippen LogP) is 0.544. The third kappa shape index (κ3) is 1.34. The van der Waals surface area contributed by atoms with E-state index in [9.17, 15) is 0 Å². The summed E-state index contributed by atoms with van der Waals surface area (Å²) in [7, 11) is 1.71. The average molecular weight is 138 g/mol. The lowest BCUT2D eigenvalue weighted by atomic mass is 9.90. The first-order valence-electron chi connectivity index (χ1n) is 2.63. The Balaban J connectivity index is 0.000000490. The van der Waals surface area contributed by atoms with E-state index >= 15 is 0 Å². The minimum absolute atomic E-state index is 0. The van der Waals surface area contributed by atoms with Gasteiger partial charge in [0.1, 0.15) is 0 Å².